The number of anilines is 1. The van der Waals surface area contributed by atoms with Gasteiger partial charge in [-0.25, -0.2) is 0 Å². The molecule has 1 amide bonds. The smallest absolute Gasteiger partial charge is 0.237 e. The highest BCUT2D eigenvalue weighted by Gasteiger charge is 2.37. The SMILES string of the molecule is CC(CCN1CCCc2ccccc21)(NC1CC1)C(N)=O. The van der Waals surface area contributed by atoms with E-state index in [0.717, 1.165) is 38.8 Å². The van der Waals surface area contributed by atoms with Crippen LogP contribution in [0.1, 0.15) is 38.2 Å². The maximum absolute atomic E-state index is 11.8. The summed E-state index contributed by atoms with van der Waals surface area (Å²) in [4.78, 5) is 14.2. The molecule has 4 heteroatoms. The van der Waals surface area contributed by atoms with E-state index in [4.69, 9.17) is 5.73 Å². The van der Waals surface area contributed by atoms with Crippen LogP contribution in [-0.2, 0) is 11.2 Å². The Morgan fingerprint density at radius 1 is 1.43 bits per heavy atom. The number of nitrogens with zero attached hydrogens (tertiary/aromatic N) is 1. The van der Waals surface area contributed by atoms with Crippen molar-refractivity contribution in [3.63, 3.8) is 0 Å². The Balaban J connectivity index is 1.67. The number of carbonyl (C=O) groups excluding carboxylic acids is 1. The highest BCUT2D eigenvalue weighted by molar-refractivity contribution is 5.84. The molecule has 1 aliphatic heterocycles. The number of carbonyl (C=O) groups is 1. The molecule has 1 aromatic rings. The third-order valence-electron chi connectivity index (χ3n) is 4.73. The number of amides is 1. The van der Waals surface area contributed by atoms with E-state index >= 15 is 0 Å². The van der Waals surface area contributed by atoms with Gasteiger partial charge in [0.25, 0.3) is 0 Å². The molecule has 0 bridgehead atoms. The summed E-state index contributed by atoms with van der Waals surface area (Å²) in [6.07, 6.45) is 5.42. The van der Waals surface area contributed by atoms with E-state index < -0.39 is 5.54 Å². The van der Waals surface area contributed by atoms with Crippen LogP contribution in [0, 0.1) is 0 Å². The minimum absolute atomic E-state index is 0.236. The van der Waals surface area contributed by atoms with E-state index in [0.29, 0.717) is 6.04 Å². The van der Waals surface area contributed by atoms with Gasteiger partial charge < -0.3 is 16.0 Å². The quantitative estimate of drug-likeness (QED) is 0.839. The normalized spacial score (nSPS) is 20.7. The summed E-state index contributed by atoms with van der Waals surface area (Å²) in [6.45, 7) is 3.88. The van der Waals surface area contributed by atoms with Gasteiger partial charge in [-0.2, -0.15) is 0 Å². The highest BCUT2D eigenvalue weighted by Crippen LogP contribution is 2.29. The van der Waals surface area contributed by atoms with Gasteiger partial charge in [0.15, 0.2) is 0 Å². The first-order valence-corrected chi connectivity index (χ1v) is 7.99. The molecule has 1 aliphatic carbocycles. The molecule has 0 spiro atoms. The second-order valence-corrected chi connectivity index (χ2v) is 6.58. The topological polar surface area (TPSA) is 58.4 Å². The third kappa shape index (κ3) is 3.21. The first-order chi connectivity index (χ1) is 10.1. The summed E-state index contributed by atoms with van der Waals surface area (Å²) in [6, 6.07) is 9.06. The Morgan fingerprint density at radius 2 is 2.19 bits per heavy atom. The Bertz CT molecular complexity index is 527. The number of nitrogens with two attached hydrogens (primary N) is 1. The first-order valence-electron chi connectivity index (χ1n) is 7.99. The van der Waals surface area contributed by atoms with Crippen LogP contribution in [0.4, 0.5) is 5.69 Å². The van der Waals surface area contributed by atoms with E-state index in [1.807, 2.05) is 6.92 Å². The number of fused-ring (bicyclic) bond motifs is 1. The number of para-hydroxylation sites is 1. The molecule has 3 rings (SSSR count). The van der Waals surface area contributed by atoms with Crippen LogP contribution in [0.15, 0.2) is 24.3 Å². The van der Waals surface area contributed by atoms with Crippen LogP contribution in [0.3, 0.4) is 0 Å². The number of rotatable bonds is 6. The standard InChI is InChI=1S/C17H25N3O/c1-17(16(18)21,19-14-8-9-14)10-12-20-11-4-6-13-5-2-3-7-15(13)20/h2-3,5,7,14,19H,4,6,8-12H2,1H3,(H2,18,21). The number of benzene rings is 1. The van der Waals surface area contributed by atoms with Gasteiger partial charge >= 0.3 is 0 Å². The van der Waals surface area contributed by atoms with Crippen molar-refractivity contribution in [3.05, 3.63) is 29.8 Å². The van der Waals surface area contributed by atoms with Crippen LogP contribution in [0.25, 0.3) is 0 Å². The van der Waals surface area contributed by atoms with Crippen molar-refractivity contribution >= 4 is 11.6 Å². The molecule has 1 aromatic carbocycles. The molecule has 114 valence electrons. The number of primary amides is 1. The molecule has 1 heterocycles. The van der Waals surface area contributed by atoms with Crippen molar-refractivity contribution in [1.82, 2.24) is 5.32 Å². The second-order valence-electron chi connectivity index (χ2n) is 6.58. The fourth-order valence-corrected chi connectivity index (χ4v) is 3.15. The molecule has 1 unspecified atom stereocenters. The lowest BCUT2D eigenvalue weighted by molar-refractivity contribution is -0.124. The van der Waals surface area contributed by atoms with E-state index in [9.17, 15) is 4.79 Å². The summed E-state index contributed by atoms with van der Waals surface area (Å²) < 4.78 is 0. The maximum atomic E-state index is 11.8. The van der Waals surface area contributed by atoms with Crippen LogP contribution in [0.2, 0.25) is 0 Å². The molecule has 1 fully saturated rings. The van der Waals surface area contributed by atoms with Crippen molar-refractivity contribution in [2.24, 2.45) is 5.73 Å². The third-order valence-corrected chi connectivity index (χ3v) is 4.73. The number of hydrogen-bond acceptors (Lipinski definition) is 3. The van der Waals surface area contributed by atoms with Gasteiger partial charge in [-0.05, 0) is 50.7 Å². The average Bonchev–Trinajstić information content (AvgIpc) is 3.28. The Hall–Kier alpha value is -1.55. The van der Waals surface area contributed by atoms with Gasteiger partial charge in [0.1, 0.15) is 0 Å². The summed E-state index contributed by atoms with van der Waals surface area (Å²) in [5.74, 6) is -0.236. The largest absolute Gasteiger partial charge is 0.371 e. The molecule has 0 aromatic heterocycles. The van der Waals surface area contributed by atoms with Crippen molar-refractivity contribution in [1.29, 1.82) is 0 Å². The zero-order valence-corrected chi connectivity index (χ0v) is 12.8. The molecule has 3 N–H and O–H groups in total. The van der Waals surface area contributed by atoms with Gasteiger partial charge in [-0.3, -0.25) is 4.79 Å². The molecule has 21 heavy (non-hydrogen) atoms. The fourth-order valence-electron chi connectivity index (χ4n) is 3.15. The average molecular weight is 287 g/mol. The van der Waals surface area contributed by atoms with Gasteiger partial charge in [-0.1, -0.05) is 18.2 Å². The lowest BCUT2D eigenvalue weighted by atomic mass is 9.94. The van der Waals surface area contributed by atoms with Crippen molar-refractivity contribution in [2.45, 2.75) is 50.6 Å². The molecular weight excluding hydrogens is 262 g/mol. The predicted molar refractivity (Wildman–Crippen MR) is 85.4 cm³/mol. The van der Waals surface area contributed by atoms with Crippen LogP contribution < -0.4 is 16.0 Å². The zero-order valence-electron chi connectivity index (χ0n) is 12.8. The van der Waals surface area contributed by atoms with E-state index in [1.165, 1.54) is 17.7 Å². The van der Waals surface area contributed by atoms with Gasteiger partial charge in [0.2, 0.25) is 5.91 Å². The zero-order chi connectivity index (χ0) is 14.9. The minimum Gasteiger partial charge on any atom is -0.371 e. The summed E-state index contributed by atoms with van der Waals surface area (Å²) in [7, 11) is 0. The van der Waals surface area contributed by atoms with Crippen molar-refractivity contribution in [3.8, 4) is 0 Å². The number of nitrogens with one attached hydrogen (secondary N) is 1. The Labute approximate surface area is 126 Å². The molecule has 0 radical (unpaired) electrons. The van der Waals surface area contributed by atoms with Gasteiger partial charge in [0.05, 0.1) is 5.54 Å². The summed E-state index contributed by atoms with van der Waals surface area (Å²) >= 11 is 0. The van der Waals surface area contributed by atoms with E-state index in [1.54, 1.807) is 0 Å². The number of aryl methyl sites for hydroxylation is 1. The Kier molecular flexibility index (Phi) is 3.89. The van der Waals surface area contributed by atoms with E-state index in [-0.39, 0.29) is 5.91 Å². The lowest BCUT2D eigenvalue weighted by Crippen LogP contribution is -2.55. The second kappa shape index (κ2) is 5.68. The molecule has 1 atom stereocenters. The van der Waals surface area contributed by atoms with Crippen LogP contribution in [-0.4, -0.2) is 30.6 Å². The van der Waals surface area contributed by atoms with Crippen molar-refractivity contribution < 1.29 is 4.79 Å². The number of hydrogen-bond donors (Lipinski definition) is 2. The highest BCUT2D eigenvalue weighted by atomic mass is 16.1. The minimum atomic E-state index is -0.590. The molecule has 0 saturated heterocycles. The predicted octanol–water partition coefficient (Wildman–Crippen LogP) is 1.83. The first kappa shape index (κ1) is 14.4. The summed E-state index contributed by atoms with van der Waals surface area (Å²) in [5.41, 5.74) is 7.79. The maximum Gasteiger partial charge on any atom is 0.237 e. The van der Waals surface area contributed by atoms with Crippen LogP contribution >= 0.6 is 0 Å². The molecule has 2 aliphatic rings. The van der Waals surface area contributed by atoms with Crippen molar-refractivity contribution in [2.75, 3.05) is 18.0 Å². The molecular formula is C17H25N3O. The van der Waals surface area contributed by atoms with Gasteiger partial charge in [0, 0.05) is 24.8 Å². The monoisotopic (exact) mass is 287 g/mol. The van der Waals surface area contributed by atoms with Crippen LogP contribution in [0.5, 0.6) is 0 Å². The van der Waals surface area contributed by atoms with E-state index in [2.05, 4.69) is 34.5 Å². The Morgan fingerprint density at radius 3 is 2.90 bits per heavy atom. The van der Waals surface area contributed by atoms with Gasteiger partial charge in [-0.15, -0.1) is 0 Å². The molecule has 1 saturated carbocycles. The fraction of sp³-hybridized carbons (Fsp3) is 0.588. The lowest BCUT2D eigenvalue weighted by Gasteiger charge is -2.35. The summed E-state index contributed by atoms with van der Waals surface area (Å²) in [5, 5.41) is 3.43. The molecule has 4 nitrogen and oxygen atoms in total.